The molecule has 180 valence electrons. The number of halogens is 5. The van der Waals surface area contributed by atoms with Crippen LogP contribution in [-0.2, 0) is 6.18 Å². The van der Waals surface area contributed by atoms with Crippen LogP contribution in [0, 0.1) is 17.1 Å². The minimum Gasteiger partial charge on any atom is -0.348 e. The van der Waals surface area contributed by atoms with E-state index in [2.05, 4.69) is 11.4 Å². The van der Waals surface area contributed by atoms with Crippen LogP contribution in [0.3, 0.4) is 0 Å². The second kappa shape index (κ2) is 10.1. The molecular formula is C26H20ClF4N3O. The van der Waals surface area contributed by atoms with Crippen LogP contribution < -0.4 is 5.32 Å². The van der Waals surface area contributed by atoms with Gasteiger partial charge in [0.15, 0.2) is 0 Å². The van der Waals surface area contributed by atoms with Crippen LogP contribution in [0.1, 0.15) is 45.1 Å². The number of nitrogens with zero attached hydrogens (tertiary/aromatic N) is 2. The molecule has 2 atom stereocenters. The summed E-state index contributed by atoms with van der Waals surface area (Å²) in [5.74, 6) is -0.942. The molecule has 3 aromatic rings. The molecule has 1 aliphatic rings. The van der Waals surface area contributed by atoms with Gasteiger partial charge in [0.05, 0.1) is 23.2 Å². The molecule has 4 rings (SSSR count). The molecule has 1 saturated heterocycles. The third-order valence-electron chi connectivity index (χ3n) is 6.01. The summed E-state index contributed by atoms with van der Waals surface area (Å²) in [6.07, 6.45) is -3.90. The first kappa shape index (κ1) is 24.7. The normalized spacial score (nSPS) is 17.1. The molecule has 3 aromatic carbocycles. The second-order valence-electron chi connectivity index (χ2n) is 8.33. The molecule has 1 heterocycles. The quantitative estimate of drug-likeness (QED) is 0.439. The summed E-state index contributed by atoms with van der Waals surface area (Å²) >= 11 is 5.94. The fourth-order valence-electron chi connectivity index (χ4n) is 4.27. The smallest absolute Gasteiger partial charge is 0.348 e. The van der Waals surface area contributed by atoms with Crippen molar-refractivity contribution in [2.24, 2.45) is 0 Å². The number of benzene rings is 3. The van der Waals surface area contributed by atoms with Crippen LogP contribution in [0.5, 0.6) is 0 Å². The minimum absolute atomic E-state index is 0.129. The van der Waals surface area contributed by atoms with E-state index in [9.17, 15) is 22.4 Å². The van der Waals surface area contributed by atoms with Crippen LogP contribution in [0.15, 0.2) is 66.7 Å². The maximum absolute atomic E-state index is 14.9. The first-order valence-corrected chi connectivity index (χ1v) is 11.2. The van der Waals surface area contributed by atoms with E-state index in [-0.39, 0.29) is 16.6 Å². The summed E-state index contributed by atoms with van der Waals surface area (Å²) in [5.41, 5.74) is 0.973. The van der Waals surface area contributed by atoms with Gasteiger partial charge in [-0.25, -0.2) is 4.39 Å². The predicted molar refractivity (Wildman–Crippen MR) is 123 cm³/mol. The van der Waals surface area contributed by atoms with Gasteiger partial charge in [0.25, 0.3) is 5.91 Å². The van der Waals surface area contributed by atoms with Gasteiger partial charge in [-0.15, -0.1) is 0 Å². The summed E-state index contributed by atoms with van der Waals surface area (Å²) in [5, 5.41) is 12.2. The molecule has 0 aromatic heterocycles. The standard InChI is InChI=1S/C26H20ClF4N3O/c27-20-9-10-22(23(28)13-20)24(17-3-1-16(14-32)2-4-17)34-12-11-21(15-34)33-25(35)18-5-7-19(8-6-18)26(29,30)31/h1-10,13,21,24H,11-12,15H2,(H,33,35)/t21-,24?/m1/s1. The number of amides is 1. The molecule has 35 heavy (non-hydrogen) atoms. The Bertz CT molecular complexity index is 1250. The molecule has 1 N–H and O–H groups in total. The van der Waals surface area contributed by atoms with Gasteiger partial charge in [0.1, 0.15) is 5.82 Å². The topological polar surface area (TPSA) is 56.1 Å². The number of rotatable bonds is 5. The Labute approximate surface area is 204 Å². The molecule has 1 unspecified atom stereocenters. The van der Waals surface area contributed by atoms with Crippen LogP contribution in [0.4, 0.5) is 17.6 Å². The maximum Gasteiger partial charge on any atom is 0.416 e. The van der Waals surface area contributed by atoms with E-state index in [4.69, 9.17) is 16.9 Å². The van der Waals surface area contributed by atoms with Crippen molar-refractivity contribution in [1.29, 1.82) is 5.26 Å². The van der Waals surface area contributed by atoms with Gasteiger partial charge < -0.3 is 5.32 Å². The van der Waals surface area contributed by atoms with Crippen molar-refractivity contribution < 1.29 is 22.4 Å². The zero-order chi connectivity index (χ0) is 25.2. The highest BCUT2D eigenvalue weighted by Crippen LogP contribution is 2.34. The Hall–Kier alpha value is -3.41. The number of nitriles is 1. The Balaban J connectivity index is 1.53. The maximum atomic E-state index is 14.9. The number of alkyl halides is 3. The highest BCUT2D eigenvalue weighted by Gasteiger charge is 2.33. The van der Waals surface area contributed by atoms with Gasteiger partial charge in [-0.05, 0) is 60.5 Å². The fourth-order valence-corrected chi connectivity index (χ4v) is 4.43. The van der Waals surface area contributed by atoms with Gasteiger partial charge in [-0.2, -0.15) is 18.4 Å². The first-order valence-electron chi connectivity index (χ1n) is 10.8. The van der Waals surface area contributed by atoms with Crippen molar-refractivity contribution in [2.75, 3.05) is 13.1 Å². The molecule has 0 bridgehead atoms. The number of carbonyl (C=O) groups excluding carboxylic acids is 1. The van der Waals surface area contributed by atoms with E-state index < -0.39 is 29.5 Å². The zero-order valence-corrected chi connectivity index (χ0v) is 19.1. The summed E-state index contributed by atoms with van der Waals surface area (Å²) in [6, 6.07) is 16.7. The third-order valence-corrected chi connectivity index (χ3v) is 6.24. The highest BCUT2D eigenvalue weighted by molar-refractivity contribution is 6.30. The van der Waals surface area contributed by atoms with Crippen molar-refractivity contribution in [1.82, 2.24) is 10.2 Å². The lowest BCUT2D eigenvalue weighted by atomic mass is 9.96. The molecule has 1 aliphatic heterocycles. The number of likely N-dealkylation sites (tertiary alicyclic amines) is 1. The van der Waals surface area contributed by atoms with E-state index in [1.807, 2.05) is 4.90 Å². The Morgan fingerprint density at radius 2 is 1.77 bits per heavy atom. The Morgan fingerprint density at radius 1 is 1.09 bits per heavy atom. The predicted octanol–water partition coefficient (Wildman–Crippen LogP) is 5.96. The van der Waals surface area contributed by atoms with E-state index in [0.717, 1.165) is 29.8 Å². The highest BCUT2D eigenvalue weighted by atomic mass is 35.5. The molecule has 0 aliphatic carbocycles. The van der Waals surface area contributed by atoms with Crippen LogP contribution in [0.2, 0.25) is 5.02 Å². The Kier molecular flexibility index (Phi) is 7.10. The number of hydrogen-bond donors (Lipinski definition) is 1. The summed E-state index contributed by atoms with van der Waals surface area (Å²) in [6.45, 7) is 0.948. The van der Waals surface area contributed by atoms with E-state index in [1.165, 1.54) is 6.07 Å². The molecule has 9 heteroatoms. The Morgan fingerprint density at radius 3 is 2.37 bits per heavy atom. The third kappa shape index (κ3) is 5.64. The van der Waals surface area contributed by atoms with Crippen LogP contribution in [0.25, 0.3) is 0 Å². The molecule has 1 amide bonds. The van der Waals surface area contributed by atoms with E-state index >= 15 is 0 Å². The van der Waals surface area contributed by atoms with Crippen molar-refractivity contribution in [3.63, 3.8) is 0 Å². The van der Waals surface area contributed by atoms with Crippen molar-refractivity contribution in [2.45, 2.75) is 24.7 Å². The monoisotopic (exact) mass is 501 g/mol. The summed E-state index contributed by atoms with van der Waals surface area (Å²) < 4.78 is 53.3. The molecule has 4 nitrogen and oxygen atoms in total. The lowest BCUT2D eigenvalue weighted by molar-refractivity contribution is -0.137. The molecule has 1 fully saturated rings. The fraction of sp³-hybridized carbons (Fsp3) is 0.231. The van der Waals surface area contributed by atoms with Gasteiger partial charge in [0.2, 0.25) is 0 Å². The van der Waals surface area contributed by atoms with Crippen molar-refractivity contribution >= 4 is 17.5 Å². The lowest BCUT2D eigenvalue weighted by Gasteiger charge is -2.29. The van der Waals surface area contributed by atoms with Crippen molar-refractivity contribution in [3.05, 3.63) is 105 Å². The molecular weight excluding hydrogens is 482 g/mol. The number of carbonyl (C=O) groups is 1. The lowest BCUT2D eigenvalue weighted by Crippen LogP contribution is -2.38. The summed E-state index contributed by atoms with van der Waals surface area (Å²) in [4.78, 5) is 14.6. The number of nitrogens with one attached hydrogen (secondary N) is 1. The van der Waals surface area contributed by atoms with Gasteiger partial charge in [-0.1, -0.05) is 29.8 Å². The zero-order valence-electron chi connectivity index (χ0n) is 18.3. The minimum atomic E-state index is -4.47. The van der Waals surface area contributed by atoms with Crippen molar-refractivity contribution in [3.8, 4) is 6.07 Å². The van der Waals surface area contributed by atoms with Crippen LogP contribution >= 0.6 is 11.6 Å². The van der Waals surface area contributed by atoms with Gasteiger partial charge >= 0.3 is 6.18 Å². The first-order chi connectivity index (χ1) is 16.7. The average molecular weight is 502 g/mol. The summed E-state index contributed by atoms with van der Waals surface area (Å²) in [7, 11) is 0. The van der Waals surface area contributed by atoms with Gasteiger partial charge in [-0.3, -0.25) is 9.69 Å². The van der Waals surface area contributed by atoms with E-state index in [0.29, 0.717) is 30.6 Å². The van der Waals surface area contributed by atoms with Crippen LogP contribution in [-0.4, -0.2) is 29.9 Å². The average Bonchev–Trinajstić information content (AvgIpc) is 3.28. The largest absolute Gasteiger partial charge is 0.416 e. The molecule has 0 spiro atoms. The molecule has 0 saturated carbocycles. The van der Waals surface area contributed by atoms with Gasteiger partial charge in [0, 0.05) is 35.3 Å². The van der Waals surface area contributed by atoms with E-state index in [1.54, 1.807) is 36.4 Å². The number of hydrogen-bond acceptors (Lipinski definition) is 3. The molecule has 0 radical (unpaired) electrons. The second-order valence-corrected chi connectivity index (χ2v) is 8.77. The SMILES string of the molecule is N#Cc1ccc(C(c2ccc(Cl)cc2F)N2CC[C@@H](NC(=O)c3ccc(C(F)(F)F)cc3)C2)cc1.